The molecule has 2 N–H and O–H groups in total. The molecule has 0 spiro atoms. The van der Waals surface area contributed by atoms with Crippen molar-refractivity contribution >= 4 is 6.09 Å². The summed E-state index contributed by atoms with van der Waals surface area (Å²) in [5, 5.41) is 19.1. The smallest absolute Gasteiger partial charge is 0.410 e. The van der Waals surface area contributed by atoms with E-state index in [9.17, 15) is 15.0 Å². The summed E-state index contributed by atoms with van der Waals surface area (Å²) >= 11 is 0. The minimum Gasteiger partial charge on any atom is -0.444 e. The van der Waals surface area contributed by atoms with E-state index in [1.165, 1.54) is 4.90 Å². The average molecular weight is 245 g/mol. The molecule has 4 unspecified atom stereocenters. The number of amides is 1. The molecule has 0 radical (unpaired) electrons. The van der Waals surface area contributed by atoms with Gasteiger partial charge in [-0.1, -0.05) is 0 Å². The maximum absolute atomic E-state index is 11.9. The highest BCUT2D eigenvalue weighted by Crippen LogP contribution is 2.35. The minimum atomic E-state index is -0.841. The van der Waals surface area contributed by atoms with Crippen molar-refractivity contribution in [2.24, 2.45) is 0 Å². The monoisotopic (exact) mass is 245 g/mol. The van der Waals surface area contributed by atoms with Crippen LogP contribution in [0.25, 0.3) is 0 Å². The zero-order chi connectivity index (χ0) is 12.8. The third-order valence-electron chi connectivity index (χ3n) is 2.94. The Morgan fingerprint density at radius 1 is 1.53 bits per heavy atom. The van der Waals surface area contributed by atoms with Gasteiger partial charge in [-0.15, -0.1) is 0 Å². The molecule has 2 saturated heterocycles. The summed E-state index contributed by atoms with van der Waals surface area (Å²) in [6.07, 6.45) is -1.73. The molecule has 2 fully saturated rings. The predicted molar refractivity (Wildman–Crippen MR) is 58.5 cm³/mol. The molecule has 17 heavy (non-hydrogen) atoms. The first-order valence-corrected chi connectivity index (χ1v) is 5.77. The standard InChI is InChI=1S/C11H19NO5/c1-11(2,3)17-10(15)12-4-7-9(16-7)8(14)6(12)5-13/h6-9,13-14H,4-5H2,1-3H3. The lowest BCUT2D eigenvalue weighted by Crippen LogP contribution is -2.57. The van der Waals surface area contributed by atoms with Gasteiger partial charge in [-0.05, 0) is 20.8 Å². The van der Waals surface area contributed by atoms with Crippen LogP contribution in [0.15, 0.2) is 0 Å². The molecule has 0 aliphatic carbocycles. The largest absolute Gasteiger partial charge is 0.444 e. The van der Waals surface area contributed by atoms with E-state index in [2.05, 4.69) is 0 Å². The second-order valence-electron chi connectivity index (χ2n) is 5.51. The maximum atomic E-state index is 11.9. The molecule has 0 saturated carbocycles. The zero-order valence-electron chi connectivity index (χ0n) is 10.3. The van der Waals surface area contributed by atoms with Gasteiger partial charge in [0.25, 0.3) is 0 Å². The first kappa shape index (κ1) is 12.6. The minimum absolute atomic E-state index is 0.125. The highest BCUT2D eigenvalue weighted by Gasteiger charge is 2.55. The van der Waals surface area contributed by atoms with Crippen molar-refractivity contribution in [2.45, 2.75) is 50.7 Å². The second kappa shape index (κ2) is 4.12. The number of likely N-dealkylation sites (tertiary alicyclic amines) is 1. The Kier molecular flexibility index (Phi) is 3.05. The van der Waals surface area contributed by atoms with E-state index in [1.807, 2.05) is 0 Å². The number of hydrogen-bond acceptors (Lipinski definition) is 5. The van der Waals surface area contributed by atoms with Crippen LogP contribution in [0, 0.1) is 0 Å². The molecule has 2 heterocycles. The Bertz CT molecular complexity index is 313. The van der Waals surface area contributed by atoms with Gasteiger partial charge in [-0.3, -0.25) is 4.90 Å². The number of hydrogen-bond donors (Lipinski definition) is 2. The van der Waals surface area contributed by atoms with Crippen LogP contribution in [0.5, 0.6) is 0 Å². The van der Waals surface area contributed by atoms with E-state index in [-0.39, 0.29) is 18.8 Å². The average Bonchev–Trinajstić information content (AvgIpc) is 2.94. The summed E-state index contributed by atoms with van der Waals surface area (Å²) in [5.74, 6) is 0. The molecule has 6 heteroatoms. The van der Waals surface area contributed by atoms with Crippen molar-refractivity contribution in [1.29, 1.82) is 0 Å². The molecule has 6 nitrogen and oxygen atoms in total. The van der Waals surface area contributed by atoms with Gasteiger partial charge >= 0.3 is 6.09 Å². The summed E-state index contributed by atoms with van der Waals surface area (Å²) in [5.41, 5.74) is -0.594. The van der Waals surface area contributed by atoms with Crippen LogP contribution in [0.2, 0.25) is 0 Å². The van der Waals surface area contributed by atoms with E-state index < -0.39 is 23.8 Å². The van der Waals surface area contributed by atoms with Crippen LogP contribution in [-0.4, -0.2) is 64.3 Å². The van der Waals surface area contributed by atoms with Crippen LogP contribution in [0.3, 0.4) is 0 Å². The molecule has 2 rings (SSSR count). The fraction of sp³-hybridized carbons (Fsp3) is 0.909. The quantitative estimate of drug-likeness (QED) is 0.621. The van der Waals surface area contributed by atoms with Crippen LogP contribution in [0.4, 0.5) is 4.79 Å². The van der Waals surface area contributed by atoms with Crippen LogP contribution in [0.1, 0.15) is 20.8 Å². The molecule has 2 aliphatic rings. The number of ether oxygens (including phenoxy) is 2. The number of nitrogens with zero attached hydrogens (tertiary/aromatic N) is 1. The Morgan fingerprint density at radius 2 is 2.18 bits per heavy atom. The first-order chi connectivity index (χ1) is 7.83. The van der Waals surface area contributed by atoms with Crippen molar-refractivity contribution in [3.8, 4) is 0 Å². The molecule has 98 valence electrons. The summed E-state index contributed by atoms with van der Waals surface area (Å²) in [7, 11) is 0. The molecule has 0 aromatic rings. The third kappa shape index (κ3) is 2.53. The fourth-order valence-electron chi connectivity index (χ4n) is 2.07. The number of fused-ring (bicyclic) bond motifs is 1. The normalized spacial score (nSPS) is 36.4. The van der Waals surface area contributed by atoms with Crippen molar-refractivity contribution < 1.29 is 24.5 Å². The Labute approximate surface area is 100 Å². The van der Waals surface area contributed by atoms with Crippen molar-refractivity contribution in [3.63, 3.8) is 0 Å². The van der Waals surface area contributed by atoms with Gasteiger partial charge < -0.3 is 19.7 Å². The predicted octanol–water partition coefficient (Wildman–Crippen LogP) is -0.274. The van der Waals surface area contributed by atoms with Crippen LogP contribution >= 0.6 is 0 Å². The van der Waals surface area contributed by atoms with Crippen LogP contribution < -0.4 is 0 Å². The topological polar surface area (TPSA) is 82.5 Å². The molecular formula is C11H19NO5. The lowest BCUT2D eigenvalue weighted by atomic mass is 10.00. The van der Waals surface area contributed by atoms with E-state index in [1.54, 1.807) is 20.8 Å². The number of epoxide rings is 1. The molecule has 1 amide bonds. The van der Waals surface area contributed by atoms with E-state index in [0.717, 1.165) is 0 Å². The number of piperidine rings is 1. The number of aliphatic hydroxyl groups excluding tert-OH is 2. The van der Waals surface area contributed by atoms with Gasteiger partial charge in [0.05, 0.1) is 19.2 Å². The number of carbonyl (C=O) groups excluding carboxylic acids is 1. The van der Waals surface area contributed by atoms with Gasteiger partial charge in [0.15, 0.2) is 0 Å². The SMILES string of the molecule is CC(C)(C)OC(=O)N1CC2OC2C(O)C1CO. The molecule has 0 aromatic heterocycles. The van der Waals surface area contributed by atoms with Crippen molar-refractivity contribution in [1.82, 2.24) is 4.90 Å². The second-order valence-corrected chi connectivity index (χ2v) is 5.51. The first-order valence-electron chi connectivity index (χ1n) is 5.77. The van der Waals surface area contributed by atoms with Gasteiger partial charge in [-0.25, -0.2) is 4.79 Å². The Morgan fingerprint density at radius 3 is 2.71 bits per heavy atom. The highest BCUT2D eigenvalue weighted by molar-refractivity contribution is 5.69. The highest BCUT2D eigenvalue weighted by atomic mass is 16.6. The molecular weight excluding hydrogens is 226 g/mol. The fourth-order valence-corrected chi connectivity index (χ4v) is 2.07. The third-order valence-corrected chi connectivity index (χ3v) is 2.94. The van der Waals surface area contributed by atoms with E-state index >= 15 is 0 Å². The van der Waals surface area contributed by atoms with Crippen LogP contribution in [-0.2, 0) is 9.47 Å². The molecule has 0 aromatic carbocycles. The number of carbonyl (C=O) groups is 1. The maximum Gasteiger partial charge on any atom is 0.410 e. The summed E-state index contributed by atoms with van der Waals surface area (Å²) < 4.78 is 10.5. The Hall–Kier alpha value is -0.850. The van der Waals surface area contributed by atoms with Gasteiger partial charge in [0.2, 0.25) is 0 Å². The van der Waals surface area contributed by atoms with Crippen molar-refractivity contribution in [2.75, 3.05) is 13.2 Å². The molecule has 0 bridgehead atoms. The Balaban J connectivity index is 2.05. The lowest BCUT2D eigenvalue weighted by molar-refractivity contribution is -0.0297. The summed E-state index contributed by atoms with van der Waals surface area (Å²) in [6.45, 7) is 5.38. The van der Waals surface area contributed by atoms with E-state index in [0.29, 0.717) is 6.54 Å². The molecule has 2 aliphatic heterocycles. The summed E-state index contributed by atoms with van der Waals surface area (Å²) in [4.78, 5) is 13.3. The zero-order valence-corrected chi connectivity index (χ0v) is 10.3. The number of rotatable bonds is 1. The summed E-state index contributed by atoms with van der Waals surface area (Å²) in [6, 6.07) is -0.645. The van der Waals surface area contributed by atoms with E-state index in [4.69, 9.17) is 9.47 Å². The number of aliphatic hydroxyl groups is 2. The molecule has 4 atom stereocenters. The lowest BCUT2D eigenvalue weighted by Gasteiger charge is -2.36. The van der Waals surface area contributed by atoms with Gasteiger partial charge in [-0.2, -0.15) is 0 Å². The van der Waals surface area contributed by atoms with Gasteiger partial charge in [0.1, 0.15) is 23.9 Å². The van der Waals surface area contributed by atoms with Gasteiger partial charge in [0, 0.05) is 0 Å². The van der Waals surface area contributed by atoms with Crippen molar-refractivity contribution in [3.05, 3.63) is 0 Å².